The standard InChI is InChI=1S/C14H23N3O3S/c1-4-17-13(7-12(16-17)10(2)3)14(18)15-8-11-5-6-21(19,20)9-11/h7,10-11H,4-6,8-9H2,1-3H3,(H,15,18)/t11-/m0/s1. The second kappa shape index (κ2) is 6.17. The first-order valence-electron chi connectivity index (χ1n) is 7.38. The van der Waals surface area contributed by atoms with E-state index in [2.05, 4.69) is 10.4 Å². The molecule has 2 rings (SSSR count). The Labute approximate surface area is 125 Å². The molecule has 1 amide bonds. The first-order chi connectivity index (χ1) is 9.82. The van der Waals surface area contributed by atoms with E-state index in [1.165, 1.54) is 0 Å². The van der Waals surface area contributed by atoms with Gasteiger partial charge < -0.3 is 5.32 Å². The van der Waals surface area contributed by atoms with Crippen LogP contribution < -0.4 is 5.32 Å². The van der Waals surface area contributed by atoms with Crippen LogP contribution in [0.4, 0.5) is 0 Å². The number of sulfone groups is 1. The van der Waals surface area contributed by atoms with E-state index in [4.69, 9.17) is 0 Å². The Bertz CT molecular complexity index is 619. The fourth-order valence-electron chi connectivity index (χ4n) is 2.50. The van der Waals surface area contributed by atoms with Crippen molar-refractivity contribution in [1.82, 2.24) is 15.1 Å². The summed E-state index contributed by atoms with van der Waals surface area (Å²) in [4.78, 5) is 12.3. The summed E-state index contributed by atoms with van der Waals surface area (Å²) < 4.78 is 24.5. The molecule has 0 unspecified atom stereocenters. The lowest BCUT2D eigenvalue weighted by atomic mass is 10.1. The van der Waals surface area contributed by atoms with E-state index < -0.39 is 9.84 Å². The van der Waals surface area contributed by atoms with Gasteiger partial charge in [0.2, 0.25) is 0 Å². The van der Waals surface area contributed by atoms with Crippen molar-refractivity contribution in [2.75, 3.05) is 18.1 Å². The molecule has 0 spiro atoms. The van der Waals surface area contributed by atoms with Crippen LogP contribution >= 0.6 is 0 Å². The number of nitrogens with one attached hydrogen (secondary N) is 1. The van der Waals surface area contributed by atoms with E-state index in [-0.39, 0.29) is 29.2 Å². The highest BCUT2D eigenvalue weighted by Crippen LogP contribution is 2.18. The summed E-state index contributed by atoms with van der Waals surface area (Å²) in [6.45, 7) is 7.05. The zero-order valence-corrected chi connectivity index (χ0v) is 13.6. The van der Waals surface area contributed by atoms with Crippen molar-refractivity contribution in [3.05, 3.63) is 17.5 Å². The number of amides is 1. The molecule has 1 saturated heterocycles. The van der Waals surface area contributed by atoms with Crippen LogP contribution in [0.1, 0.15) is 49.3 Å². The van der Waals surface area contributed by atoms with Crippen molar-refractivity contribution in [1.29, 1.82) is 0 Å². The van der Waals surface area contributed by atoms with Crippen molar-refractivity contribution in [3.63, 3.8) is 0 Å². The summed E-state index contributed by atoms with van der Waals surface area (Å²) in [5, 5.41) is 7.25. The van der Waals surface area contributed by atoms with Crippen LogP contribution in [0.5, 0.6) is 0 Å². The molecule has 0 aromatic carbocycles. The topological polar surface area (TPSA) is 81.1 Å². The van der Waals surface area contributed by atoms with Gasteiger partial charge in [-0.1, -0.05) is 13.8 Å². The van der Waals surface area contributed by atoms with Crippen LogP contribution in [0, 0.1) is 5.92 Å². The molecule has 1 aromatic heterocycles. The van der Waals surface area contributed by atoms with Gasteiger partial charge in [0.15, 0.2) is 9.84 Å². The molecule has 0 aliphatic carbocycles. The van der Waals surface area contributed by atoms with Crippen molar-refractivity contribution in [2.24, 2.45) is 5.92 Å². The van der Waals surface area contributed by atoms with Crippen LogP contribution in [-0.2, 0) is 16.4 Å². The van der Waals surface area contributed by atoms with Crippen LogP contribution in [0.2, 0.25) is 0 Å². The molecule has 0 bridgehead atoms. The van der Waals surface area contributed by atoms with Crippen LogP contribution in [-0.4, -0.2) is 42.2 Å². The molecular formula is C14H23N3O3S. The predicted molar refractivity (Wildman–Crippen MR) is 81.1 cm³/mol. The first kappa shape index (κ1) is 16.0. The lowest BCUT2D eigenvalue weighted by Crippen LogP contribution is -2.31. The number of nitrogens with zero attached hydrogens (tertiary/aromatic N) is 2. The van der Waals surface area contributed by atoms with E-state index >= 15 is 0 Å². The molecular weight excluding hydrogens is 290 g/mol. The fourth-order valence-corrected chi connectivity index (χ4v) is 4.37. The van der Waals surface area contributed by atoms with Gasteiger partial charge in [0.1, 0.15) is 5.69 Å². The van der Waals surface area contributed by atoms with Crippen LogP contribution in [0.25, 0.3) is 0 Å². The zero-order chi connectivity index (χ0) is 15.6. The summed E-state index contributed by atoms with van der Waals surface area (Å²) in [7, 11) is -2.90. The van der Waals surface area contributed by atoms with Crippen molar-refractivity contribution < 1.29 is 13.2 Å². The summed E-state index contributed by atoms with van der Waals surface area (Å²) >= 11 is 0. The maximum absolute atomic E-state index is 12.3. The average molecular weight is 313 g/mol. The number of aromatic nitrogens is 2. The van der Waals surface area contributed by atoms with Crippen molar-refractivity contribution in [2.45, 2.75) is 39.7 Å². The highest BCUT2D eigenvalue weighted by atomic mass is 32.2. The lowest BCUT2D eigenvalue weighted by Gasteiger charge is -2.10. The van der Waals surface area contributed by atoms with E-state index in [9.17, 15) is 13.2 Å². The quantitative estimate of drug-likeness (QED) is 0.885. The number of carbonyl (C=O) groups is 1. The van der Waals surface area contributed by atoms with Gasteiger partial charge >= 0.3 is 0 Å². The average Bonchev–Trinajstić information content (AvgIpc) is 2.99. The zero-order valence-electron chi connectivity index (χ0n) is 12.8. The number of hydrogen-bond donors (Lipinski definition) is 1. The number of hydrogen-bond acceptors (Lipinski definition) is 4. The molecule has 1 atom stereocenters. The Morgan fingerprint density at radius 3 is 2.76 bits per heavy atom. The Hall–Kier alpha value is -1.37. The van der Waals surface area contributed by atoms with E-state index in [0.29, 0.717) is 25.2 Å². The first-order valence-corrected chi connectivity index (χ1v) is 9.21. The van der Waals surface area contributed by atoms with E-state index in [0.717, 1.165) is 5.69 Å². The maximum Gasteiger partial charge on any atom is 0.269 e. The van der Waals surface area contributed by atoms with Gasteiger partial charge in [-0.3, -0.25) is 9.48 Å². The maximum atomic E-state index is 12.3. The van der Waals surface area contributed by atoms with Crippen molar-refractivity contribution in [3.8, 4) is 0 Å². The molecule has 21 heavy (non-hydrogen) atoms. The van der Waals surface area contributed by atoms with Gasteiger partial charge in [-0.2, -0.15) is 5.10 Å². The Morgan fingerprint density at radius 1 is 1.52 bits per heavy atom. The van der Waals surface area contributed by atoms with Gasteiger partial charge in [-0.25, -0.2) is 8.42 Å². The molecule has 6 nitrogen and oxygen atoms in total. The smallest absolute Gasteiger partial charge is 0.269 e. The highest BCUT2D eigenvalue weighted by Gasteiger charge is 2.28. The monoisotopic (exact) mass is 313 g/mol. The summed E-state index contributed by atoms with van der Waals surface area (Å²) in [6.07, 6.45) is 0.632. The minimum atomic E-state index is -2.90. The third-order valence-electron chi connectivity index (χ3n) is 3.80. The largest absolute Gasteiger partial charge is 0.350 e. The Balaban J connectivity index is 2.00. The summed E-state index contributed by atoms with van der Waals surface area (Å²) in [6, 6.07) is 1.81. The van der Waals surface area contributed by atoms with Crippen molar-refractivity contribution >= 4 is 15.7 Å². The van der Waals surface area contributed by atoms with Crippen LogP contribution in [0.15, 0.2) is 6.07 Å². The van der Waals surface area contributed by atoms with Crippen LogP contribution in [0.3, 0.4) is 0 Å². The molecule has 118 valence electrons. The second-order valence-corrected chi connectivity index (χ2v) is 8.13. The van der Waals surface area contributed by atoms with Gasteiger partial charge in [-0.15, -0.1) is 0 Å². The molecule has 7 heteroatoms. The lowest BCUT2D eigenvalue weighted by molar-refractivity contribution is 0.0937. The summed E-state index contributed by atoms with van der Waals surface area (Å²) in [5.41, 5.74) is 1.44. The third-order valence-corrected chi connectivity index (χ3v) is 5.64. The number of rotatable bonds is 5. The van der Waals surface area contributed by atoms with Gasteiger partial charge in [0, 0.05) is 13.1 Å². The predicted octanol–water partition coefficient (Wildman–Crippen LogP) is 1.19. The fraction of sp³-hybridized carbons (Fsp3) is 0.714. The second-order valence-electron chi connectivity index (χ2n) is 5.90. The Kier molecular flexibility index (Phi) is 4.70. The number of aryl methyl sites for hydroxylation is 1. The van der Waals surface area contributed by atoms with E-state index in [1.54, 1.807) is 4.68 Å². The number of carbonyl (C=O) groups excluding carboxylic acids is 1. The van der Waals surface area contributed by atoms with E-state index in [1.807, 2.05) is 26.8 Å². The molecule has 1 aliphatic heterocycles. The molecule has 1 fully saturated rings. The van der Waals surface area contributed by atoms with Gasteiger partial charge in [0.05, 0.1) is 17.2 Å². The minimum Gasteiger partial charge on any atom is -0.350 e. The molecule has 2 heterocycles. The van der Waals surface area contributed by atoms with Gasteiger partial charge in [-0.05, 0) is 31.2 Å². The minimum absolute atomic E-state index is 0.0292. The highest BCUT2D eigenvalue weighted by molar-refractivity contribution is 7.91. The third kappa shape index (κ3) is 3.84. The molecule has 1 aliphatic rings. The molecule has 1 N–H and O–H groups in total. The SMILES string of the molecule is CCn1nc(C(C)C)cc1C(=O)NC[C@@H]1CCS(=O)(=O)C1. The van der Waals surface area contributed by atoms with Gasteiger partial charge in [0.25, 0.3) is 5.91 Å². The molecule has 0 saturated carbocycles. The Morgan fingerprint density at radius 2 is 2.24 bits per heavy atom. The molecule has 1 aromatic rings. The molecule has 0 radical (unpaired) electrons. The summed E-state index contributed by atoms with van der Waals surface area (Å²) in [5.74, 6) is 0.529. The normalized spacial score (nSPS) is 20.9.